The highest BCUT2D eigenvalue weighted by Crippen LogP contribution is 2.32. The first-order valence-corrected chi connectivity index (χ1v) is 10.2. The summed E-state index contributed by atoms with van der Waals surface area (Å²) in [6, 6.07) is 8.42. The first-order valence-electron chi connectivity index (χ1n) is 10.2. The molecule has 1 N–H and O–H groups in total. The van der Waals surface area contributed by atoms with Gasteiger partial charge in [-0.2, -0.15) is 0 Å². The Hall–Kier alpha value is -3.00. The fourth-order valence-corrected chi connectivity index (χ4v) is 3.63. The molecule has 166 valence electrons. The molecule has 6 nitrogen and oxygen atoms in total. The van der Waals surface area contributed by atoms with Crippen molar-refractivity contribution in [1.29, 1.82) is 0 Å². The van der Waals surface area contributed by atoms with Crippen LogP contribution in [0.1, 0.15) is 24.0 Å². The van der Waals surface area contributed by atoms with E-state index < -0.39 is 23.6 Å². The Morgan fingerprint density at radius 1 is 1.19 bits per heavy atom. The molecule has 0 bridgehead atoms. The van der Waals surface area contributed by atoms with Crippen molar-refractivity contribution in [2.45, 2.75) is 31.7 Å². The topological polar surface area (TPSA) is 67.9 Å². The van der Waals surface area contributed by atoms with E-state index >= 15 is 0 Å². The maximum absolute atomic E-state index is 13.7. The molecule has 2 aromatic carbocycles. The van der Waals surface area contributed by atoms with Crippen LogP contribution in [0.25, 0.3) is 0 Å². The fourth-order valence-electron chi connectivity index (χ4n) is 3.63. The Kier molecular flexibility index (Phi) is 7.57. The summed E-state index contributed by atoms with van der Waals surface area (Å²) < 4.78 is 37.1. The molecule has 1 atom stereocenters. The molecule has 31 heavy (non-hydrogen) atoms. The molecule has 3 rings (SSSR count). The predicted molar refractivity (Wildman–Crippen MR) is 112 cm³/mol. The average molecular weight is 432 g/mol. The molecule has 0 radical (unpaired) electrons. The van der Waals surface area contributed by atoms with Crippen molar-refractivity contribution in [2.24, 2.45) is 0 Å². The minimum absolute atomic E-state index is 0.0147. The molecule has 0 saturated carbocycles. The first kappa shape index (κ1) is 22.7. The van der Waals surface area contributed by atoms with Crippen molar-refractivity contribution in [3.05, 3.63) is 59.2 Å². The van der Waals surface area contributed by atoms with E-state index in [1.165, 1.54) is 19.2 Å². The third-order valence-electron chi connectivity index (χ3n) is 5.33. The molecule has 1 aliphatic rings. The van der Waals surface area contributed by atoms with E-state index in [0.717, 1.165) is 17.3 Å². The predicted octanol–water partition coefficient (Wildman–Crippen LogP) is 3.02. The summed E-state index contributed by atoms with van der Waals surface area (Å²) in [7, 11) is 2.90. The summed E-state index contributed by atoms with van der Waals surface area (Å²) in [6.07, 6.45) is 1.75. The van der Waals surface area contributed by atoms with E-state index in [9.17, 15) is 18.4 Å². The number of hydrogen-bond acceptors (Lipinski definition) is 5. The molecule has 1 heterocycles. The Balaban J connectivity index is 1.54. The van der Waals surface area contributed by atoms with Crippen molar-refractivity contribution in [1.82, 2.24) is 5.32 Å². The van der Waals surface area contributed by atoms with Crippen LogP contribution in [-0.2, 0) is 27.2 Å². The monoisotopic (exact) mass is 432 g/mol. The van der Waals surface area contributed by atoms with Crippen LogP contribution in [0, 0.1) is 11.6 Å². The molecule has 1 unspecified atom stereocenters. The van der Waals surface area contributed by atoms with Gasteiger partial charge in [-0.15, -0.1) is 0 Å². The molecule has 0 spiro atoms. The smallest absolute Gasteiger partial charge is 0.323 e. The maximum Gasteiger partial charge on any atom is 0.323 e. The minimum Gasteiger partial charge on any atom is -0.494 e. The van der Waals surface area contributed by atoms with Crippen LogP contribution in [0.2, 0.25) is 0 Å². The lowest BCUT2D eigenvalue weighted by molar-refractivity contribution is -0.144. The van der Waals surface area contributed by atoms with Crippen molar-refractivity contribution >= 4 is 17.6 Å². The molecule has 0 aromatic heterocycles. The number of ether oxygens (including phenoxy) is 2. The third kappa shape index (κ3) is 5.58. The van der Waals surface area contributed by atoms with Gasteiger partial charge in [-0.05, 0) is 61.7 Å². The summed E-state index contributed by atoms with van der Waals surface area (Å²) >= 11 is 0. The van der Waals surface area contributed by atoms with E-state index in [1.807, 2.05) is 12.1 Å². The van der Waals surface area contributed by atoms with Gasteiger partial charge in [0.1, 0.15) is 23.4 Å². The molecule has 8 heteroatoms. The van der Waals surface area contributed by atoms with Gasteiger partial charge in [-0.3, -0.25) is 9.59 Å². The van der Waals surface area contributed by atoms with Crippen molar-refractivity contribution in [2.75, 3.05) is 32.2 Å². The molecular weight excluding hydrogens is 406 g/mol. The van der Waals surface area contributed by atoms with Crippen molar-refractivity contribution < 1.29 is 27.8 Å². The fraction of sp³-hybridized carbons (Fsp3) is 0.391. The van der Waals surface area contributed by atoms with Crippen LogP contribution in [0.3, 0.4) is 0 Å². The van der Waals surface area contributed by atoms with Gasteiger partial charge < -0.3 is 19.7 Å². The Labute approximate surface area is 180 Å². The Morgan fingerprint density at radius 2 is 2.00 bits per heavy atom. The highest BCUT2D eigenvalue weighted by molar-refractivity contribution is 5.98. The van der Waals surface area contributed by atoms with Crippen LogP contribution in [0.4, 0.5) is 14.5 Å². The van der Waals surface area contributed by atoms with Crippen LogP contribution in [0.5, 0.6) is 5.75 Å². The van der Waals surface area contributed by atoms with Crippen LogP contribution < -0.4 is 15.0 Å². The molecule has 0 aliphatic carbocycles. The number of esters is 1. The summed E-state index contributed by atoms with van der Waals surface area (Å²) in [4.78, 5) is 26.1. The van der Waals surface area contributed by atoms with Crippen molar-refractivity contribution in [3.8, 4) is 5.75 Å². The summed E-state index contributed by atoms with van der Waals surface area (Å²) in [5.41, 5.74) is 2.26. The second-order valence-electron chi connectivity index (χ2n) is 7.34. The number of nitrogens with one attached hydrogen (secondary N) is 1. The SMILES string of the molecule is CNC(CC(=O)N1CCc2cc(OCCCc3ccc(F)cc3F)ccc21)C(=O)OC. The van der Waals surface area contributed by atoms with Gasteiger partial charge in [0.2, 0.25) is 5.91 Å². The van der Waals surface area contributed by atoms with E-state index in [2.05, 4.69) is 5.32 Å². The second-order valence-corrected chi connectivity index (χ2v) is 7.34. The number of fused-ring (bicyclic) bond motifs is 1. The number of rotatable bonds is 9. The van der Waals surface area contributed by atoms with Gasteiger partial charge in [-0.25, -0.2) is 8.78 Å². The van der Waals surface area contributed by atoms with E-state index in [0.29, 0.717) is 43.7 Å². The number of carbonyl (C=O) groups excluding carboxylic acids is 2. The molecule has 1 aliphatic heterocycles. The summed E-state index contributed by atoms with van der Waals surface area (Å²) in [5, 5.41) is 2.80. The van der Waals surface area contributed by atoms with E-state index in [4.69, 9.17) is 9.47 Å². The summed E-state index contributed by atoms with van der Waals surface area (Å²) in [5.74, 6) is -1.08. The zero-order valence-electron chi connectivity index (χ0n) is 17.6. The number of nitrogens with zero attached hydrogens (tertiary/aromatic N) is 1. The number of amides is 1. The Bertz CT molecular complexity index is 951. The number of methoxy groups -OCH3 is 1. The second kappa shape index (κ2) is 10.3. The lowest BCUT2D eigenvalue weighted by Crippen LogP contribution is -2.41. The van der Waals surface area contributed by atoms with Crippen molar-refractivity contribution in [3.63, 3.8) is 0 Å². The number of anilines is 1. The molecule has 0 fully saturated rings. The highest BCUT2D eigenvalue weighted by atomic mass is 19.1. The van der Waals surface area contributed by atoms with Crippen LogP contribution in [-0.4, -0.2) is 45.2 Å². The Morgan fingerprint density at radius 3 is 2.71 bits per heavy atom. The van der Waals surface area contributed by atoms with Crippen LogP contribution >= 0.6 is 0 Å². The quantitative estimate of drug-likeness (QED) is 0.487. The van der Waals surface area contributed by atoms with Gasteiger partial charge in [0.05, 0.1) is 20.1 Å². The normalized spacial score (nSPS) is 13.6. The molecule has 0 saturated heterocycles. The summed E-state index contributed by atoms with van der Waals surface area (Å²) in [6.45, 7) is 0.931. The third-order valence-corrected chi connectivity index (χ3v) is 5.33. The zero-order valence-corrected chi connectivity index (χ0v) is 17.6. The molecule has 2 aromatic rings. The lowest BCUT2D eigenvalue weighted by atomic mass is 10.1. The number of hydrogen-bond donors (Lipinski definition) is 1. The average Bonchev–Trinajstić information content (AvgIpc) is 3.19. The lowest BCUT2D eigenvalue weighted by Gasteiger charge is -2.20. The standard InChI is InChI=1S/C23H26F2N2O4/c1-26-20(23(29)30-2)14-22(28)27-10-9-16-12-18(7-8-21(16)27)31-11-3-4-15-5-6-17(24)13-19(15)25/h5-8,12-13,20,26H,3-4,9-11,14H2,1-2H3. The van der Waals surface area contributed by atoms with Gasteiger partial charge >= 0.3 is 5.97 Å². The molecular formula is C23H26F2N2O4. The van der Waals surface area contributed by atoms with E-state index in [-0.39, 0.29) is 12.3 Å². The van der Waals surface area contributed by atoms with E-state index in [1.54, 1.807) is 18.0 Å². The maximum atomic E-state index is 13.7. The number of likely N-dealkylation sites (N-methyl/N-ethyl adjacent to an activating group) is 1. The first-order chi connectivity index (χ1) is 14.9. The molecule has 1 amide bonds. The number of halogens is 2. The van der Waals surface area contributed by atoms with Gasteiger partial charge in [0.25, 0.3) is 0 Å². The van der Waals surface area contributed by atoms with Crippen LogP contribution in [0.15, 0.2) is 36.4 Å². The van der Waals surface area contributed by atoms with Gasteiger partial charge in [0, 0.05) is 18.3 Å². The highest BCUT2D eigenvalue weighted by Gasteiger charge is 2.29. The minimum atomic E-state index is -0.685. The largest absolute Gasteiger partial charge is 0.494 e. The van der Waals surface area contributed by atoms with Gasteiger partial charge in [-0.1, -0.05) is 6.07 Å². The number of benzene rings is 2. The zero-order chi connectivity index (χ0) is 22.4. The number of carbonyl (C=O) groups is 2. The van der Waals surface area contributed by atoms with Gasteiger partial charge in [0.15, 0.2) is 0 Å². The number of aryl methyl sites for hydroxylation is 1.